The van der Waals surface area contributed by atoms with Gasteiger partial charge in [-0.25, -0.2) is 0 Å². The van der Waals surface area contributed by atoms with Crippen LogP contribution in [0.15, 0.2) is 0 Å². The Morgan fingerprint density at radius 3 is 2.24 bits per heavy atom. The summed E-state index contributed by atoms with van der Waals surface area (Å²) in [7, 11) is 0. The highest BCUT2D eigenvalue weighted by Crippen LogP contribution is 2.23. The van der Waals surface area contributed by atoms with Crippen LogP contribution in [0.25, 0.3) is 0 Å². The molecule has 0 radical (unpaired) electrons. The van der Waals surface area contributed by atoms with Crippen LogP contribution in [-0.2, 0) is 0 Å². The van der Waals surface area contributed by atoms with Gasteiger partial charge in [0.25, 0.3) is 0 Å². The predicted octanol–water partition coefficient (Wildman–Crippen LogP) is 2.39. The van der Waals surface area contributed by atoms with Crippen LogP contribution in [-0.4, -0.2) is 68.7 Å². The molecular weight excluding hydrogens is 319 g/mol. The largest absolute Gasteiger partial charge is 0.396 e. The maximum atomic E-state index is 9.23. The smallest absolute Gasteiger partial charge is 0.0558 e. The molecule has 0 aromatic rings. The van der Waals surface area contributed by atoms with Crippen LogP contribution in [0.5, 0.6) is 0 Å². The molecule has 7 heteroatoms. The number of thioether (sulfide) groups is 3. The first kappa shape index (κ1) is 18.6. The molecule has 2 atom stereocenters. The van der Waals surface area contributed by atoms with Gasteiger partial charge in [-0.2, -0.15) is 35.3 Å². The molecule has 0 aromatic carbocycles. The van der Waals surface area contributed by atoms with Gasteiger partial charge in [0.2, 0.25) is 0 Å². The third-order valence-electron chi connectivity index (χ3n) is 1.86. The van der Waals surface area contributed by atoms with Gasteiger partial charge in [-0.1, -0.05) is 0 Å². The molecule has 0 spiro atoms. The summed E-state index contributed by atoms with van der Waals surface area (Å²) in [5.41, 5.74) is 0. The third kappa shape index (κ3) is 11.1. The molecule has 0 aromatic heterocycles. The Morgan fingerprint density at radius 1 is 0.941 bits per heavy atom. The number of hydrogen-bond acceptors (Lipinski definition) is 5. The quantitative estimate of drug-likeness (QED) is 0.422. The van der Waals surface area contributed by atoms with Crippen molar-refractivity contribution < 1.29 is 10.2 Å². The predicted molar refractivity (Wildman–Crippen MR) is 85.4 cm³/mol. The van der Waals surface area contributed by atoms with E-state index in [0.29, 0.717) is 17.0 Å². The Morgan fingerprint density at radius 2 is 1.71 bits per heavy atom. The van der Waals surface area contributed by atoms with Gasteiger partial charge < -0.3 is 10.2 Å². The van der Waals surface area contributed by atoms with Crippen molar-refractivity contribution in [2.75, 3.05) is 48.0 Å². The fourth-order valence-corrected chi connectivity index (χ4v) is 4.98. The second-order valence-corrected chi connectivity index (χ2v) is 7.85. The second-order valence-electron chi connectivity index (χ2n) is 3.27. The summed E-state index contributed by atoms with van der Waals surface area (Å²) < 4.78 is 0. The minimum absolute atomic E-state index is 0.179. The maximum absolute atomic E-state index is 9.23. The fourth-order valence-electron chi connectivity index (χ4n) is 1.02. The minimum atomic E-state index is 0.179. The fraction of sp³-hybridized carbons (Fsp3) is 1.00. The number of hydrogen-bond donors (Lipinski definition) is 2. The lowest BCUT2D eigenvalue weighted by atomic mass is 10.5. The zero-order valence-electron chi connectivity index (χ0n) is 9.69. The molecule has 0 aliphatic rings. The van der Waals surface area contributed by atoms with E-state index in [2.05, 4.69) is 0 Å². The van der Waals surface area contributed by atoms with Gasteiger partial charge in [-0.15, -0.1) is 23.2 Å². The summed E-state index contributed by atoms with van der Waals surface area (Å²) >= 11 is 16.7. The van der Waals surface area contributed by atoms with Gasteiger partial charge in [0.15, 0.2) is 0 Å². The van der Waals surface area contributed by atoms with Gasteiger partial charge in [0.1, 0.15) is 0 Å². The third-order valence-corrected chi connectivity index (χ3v) is 6.99. The summed E-state index contributed by atoms with van der Waals surface area (Å²) in [6.07, 6.45) is 0. The topological polar surface area (TPSA) is 40.5 Å². The number of rotatable bonds is 12. The molecule has 0 bridgehead atoms. The Labute approximate surface area is 127 Å². The number of halogens is 2. The van der Waals surface area contributed by atoms with Crippen LogP contribution in [0.3, 0.4) is 0 Å². The molecule has 0 aliphatic carbocycles. The van der Waals surface area contributed by atoms with Gasteiger partial charge in [-0.05, 0) is 0 Å². The van der Waals surface area contributed by atoms with E-state index in [1.165, 1.54) is 0 Å². The van der Waals surface area contributed by atoms with E-state index in [-0.39, 0.29) is 18.5 Å². The SMILES string of the molecule is OCCSCC(CO)SCC(CCl)SCCCl. The number of alkyl halides is 2. The average Bonchev–Trinajstić information content (AvgIpc) is 2.36. The molecule has 0 aliphatic heterocycles. The van der Waals surface area contributed by atoms with Crippen molar-refractivity contribution >= 4 is 58.5 Å². The Hall–Kier alpha value is 1.55. The normalized spacial score (nSPS) is 14.8. The monoisotopic (exact) mass is 338 g/mol. The molecule has 104 valence electrons. The Bertz CT molecular complexity index is 166. The molecule has 17 heavy (non-hydrogen) atoms. The molecular formula is C10H20Cl2O2S3. The Balaban J connectivity index is 3.69. The molecule has 0 rings (SSSR count). The molecule has 0 amide bonds. The highest BCUT2D eigenvalue weighted by atomic mass is 35.5. The summed E-state index contributed by atoms with van der Waals surface area (Å²) in [6.45, 7) is 0.377. The van der Waals surface area contributed by atoms with Crippen molar-refractivity contribution in [1.29, 1.82) is 0 Å². The van der Waals surface area contributed by atoms with E-state index < -0.39 is 0 Å². The van der Waals surface area contributed by atoms with E-state index >= 15 is 0 Å². The van der Waals surface area contributed by atoms with E-state index in [9.17, 15) is 5.11 Å². The molecule has 0 saturated heterocycles. The van der Waals surface area contributed by atoms with Crippen molar-refractivity contribution in [3.63, 3.8) is 0 Å². The van der Waals surface area contributed by atoms with Crippen molar-refractivity contribution in [1.82, 2.24) is 0 Å². The lowest BCUT2D eigenvalue weighted by molar-refractivity contribution is 0.301. The first-order valence-electron chi connectivity index (χ1n) is 5.43. The van der Waals surface area contributed by atoms with E-state index in [1.807, 2.05) is 0 Å². The van der Waals surface area contributed by atoms with Crippen LogP contribution in [0.4, 0.5) is 0 Å². The molecule has 2 unspecified atom stereocenters. The van der Waals surface area contributed by atoms with Gasteiger partial charge in [0.05, 0.1) is 13.2 Å². The van der Waals surface area contributed by atoms with Crippen LogP contribution in [0.1, 0.15) is 0 Å². The zero-order chi connectivity index (χ0) is 12.9. The van der Waals surface area contributed by atoms with Crippen LogP contribution < -0.4 is 0 Å². The summed E-state index contributed by atoms with van der Waals surface area (Å²) in [6, 6.07) is 0. The van der Waals surface area contributed by atoms with Crippen molar-refractivity contribution in [2.24, 2.45) is 0 Å². The molecule has 0 heterocycles. The maximum Gasteiger partial charge on any atom is 0.0558 e. The van der Waals surface area contributed by atoms with Crippen molar-refractivity contribution in [3.8, 4) is 0 Å². The number of aliphatic hydroxyl groups is 2. The first-order valence-corrected chi connectivity index (χ1v) is 9.75. The van der Waals surface area contributed by atoms with Gasteiger partial charge >= 0.3 is 0 Å². The lowest BCUT2D eigenvalue weighted by Crippen LogP contribution is -2.18. The average molecular weight is 339 g/mol. The highest BCUT2D eigenvalue weighted by molar-refractivity contribution is 8.05. The van der Waals surface area contributed by atoms with Crippen LogP contribution in [0.2, 0.25) is 0 Å². The standard InChI is InChI=1S/C10H20Cl2O2S3/c11-1-3-16-9(5-12)8-17-10(6-14)7-15-4-2-13/h9-10,13-14H,1-8H2. The molecule has 0 fully saturated rings. The molecule has 2 nitrogen and oxygen atoms in total. The Kier molecular flexibility index (Phi) is 15.2. The van der Waals surface area contributed by atoms with E-state index in [1.54, 1.807) is 35.3 Å². The summed E-state index contributed by atoms with van der Waals surface area (Å²) in [4.78, 5) is 0. The lowest BCUT2D eigenvalue weighted by Gasteiger charge is -2.17. The minimum Gasteiger partial charge on any atom is -0.396 e. The summed E-state index contributed by atoms with van der Waals surface area (Å²) in [5, 5.41) is 18.5. The van der Waals surface area contributed by atoms with Crippen LogP contribution >= 0.6 is 58.5 Å². The molecule has 0 saturated carbocycles. The van der Waals surface area contributed by atoms with E-state index in [4.69, 9.17) is 28.3 Å². The number of aliphatic hydroxyl groups excluding tert-OH is 2. The summed E-state index contributed by atoms with van der Waals surface area (Å²) in [5.74, 6) is 4.74. The van der Waals surface area contributed by atoms with Gasteiger partial charge in [-0.3, -0.25) is 0 Å². The second kappa shape index (κ2) is 14.0. The van der Waals surface area contributed by atoms with Crippen molar-refractivity contribution in [2.45, 2.75) is 10.5 Å². The zero-order valence-corrected chi connectivity index (χ0v) is 13.6. The van der Waals surface area contributed by atoms with Crippen LogP contribution in [0, 0.1) is 0 Å². The van der Waals surface area contributed by atoms with Crippen molar-refractivity contribution in [3.05, 3.63) is 0 Å². The first-order chi connectivity index (χ1) is 8.28. The molecule has 2 N–H and O–H groups in total. The highest BCUT2D eigenvalue weighted by Gasteiger charge is 2.13. The van der Waals surface area contributed by atoms with E-state index in [0.717, 1.165) is 23.0 Å². The van der Waals surface area contributed by atoms with Gasteiger partial charge in [0, 0.05) is 45.3 Å².